The van der Waals surface area contributed by atoms with Gasteiger partial charge < -0.3 is 29.5 Å². The van der Waals surface area contributed by atoms with Gasteiger partial charge >= 0.3 is 17.9 Å². The summed E-state index contributed by atoms with van der Waals surface area (Å²) in [7, 11) is 0. The summed E-state index contributed by atoms with van der Waals surface area (Å²) in [4.78, 5) is 46.0. The maximum Gasteiger partial charge on any atom is 0.338 e. The highest BCUT2D eigenvalue weighted by atomic mass is 16.6. The van der Waals surface area contributed by atoms with Crippen molar-refractivity contribution in [3.8, 4) is 0 Å². The number of carbonyl (C=O) groups excluding carboxylic acids is 4. The minimum Gasteiger partial charge on any atom is -0.461 e. The van der Waals surface area contributed by atoms with Crippen LogP contribution < -0.4 is 0 Å². The van der Waals surface area contributed by atoms with Gasteiger partial charge in [0.05, 0.1) is 5.56 Å². The van der Waals surface area contributed by atoms with E-state index in [1.807, 2.05) is 0 Å². The number of hydrogen-bond donors (Lipinski definition) is 3. The zero-order valence-electron chi connectivity index (χ0n) is 16.9. The Balaban J connectivity index is 2.44. The summed E-state index contributed by atoms with van der Waals surface area (Å²) in [6, 6.07) is 5.58. The van der Waals surface area contributed by atoms with E-state index in [9.17, 15) is 34.5 Å². The van der Waals surface area contributed by atoms with Gasteiger partial charge in [-0.1, -0.05) is 19.1 Å². The summed E-state index contributed by atoms with van der Waals surface area (Å²) in [6.07, 6.45) is -4.73. The smallest absolute Gasteiger partial charge is 0.338 e. The fourth-order valence-electron chi connectivity index (χ4n) is 1.93. The summed E-state index contributed by atoms with van der Waals surface area (Å²) in [5, 5.41) is 29.2. The number of aliphatic hydroxyl groups is 3. The lowest BCUT2D eigenvalue weighted by atomic mass is 10.1. The average molecular weight is 426 g/mol. The quantitative estimate of drug-likeness (QED) is 0.250. The monoisotopic (exact) mass is 426 g/mol. The Hall–Kier alpha value is -2.82. The molecule has 0 bridgehead atoms. The van der Waals surface area contributed by atoms with Crippen LogP contribution in [0.25, 0.3) is 0 Å². The molecule has 10 nitrogen and oxygen atoms in total. The number of aldehydes is 1. The third-order valence-corrected chi connectivity index (χ3v) is 4.12. The Labute approximate surface area is 173 Å². The predicted molar refractivity (Wildman–Crippen MR) is 102 cm³/mol. The van der Waals surface area contributed by atoms with E-state index >= 15 is 0 Å². The van der Waals surface area contributed by atoms with Crippen LogP contribution in [0.2, 0.25) is 0 Å². The maximum atomic E-state index is 11.8. The summed E-state index contributed by atoms with van der Waals surface area (Å²) in [5.74, 6) is -3.32. The van der Waals surface area contributed by atoms with Crippen molar-refractivity contribution in [2.45, 2.75) is 51.1 Å². The molecule has 1 aromatic carbocycles. The van der Waals surface area contributed by atoms with Crippen LogP contribution in [-0.2, 0) is 23.8 Å². The molecule has 0 heterocycles. The van der Waals surface area contributed by atoms with Crippen LogP contribution >= 0.6 is 0 Å². The summed E-state index contributed by atoms with van der Waals surface area (Å²) in [5.41, 5.74) is -0.367. The van der Waals surface area contributed by atoms with Crippen LogP contribution in [0.3, 0.4) is 0 Å². The van der Waals surface area contributed by atoms with Crippen LogP contribution in [0, 0.1) is 0 Å². The van der Waals surface area contributed by atoms with Gasteiger partial charge in [0.2, 0.25) is 0 Å². The van der Waals surface area contributed by atoms with Gasteiger partial charge in [-0.2, -0.15) is 0 Å². The number of carbonyl (C=O) groups is 4. The highest BCUT2D eigenvalue weighted by Crippen LogP contribution is 2.15. The molecule has 1 rings (SSSR count). The molecular weight excluding hydrogens is 400 g/mol. The summed E-state index contributed by atoms with van der Waals surface area (Å²) < 4.78 is 14.5. The van der Waals surface area contributed by atoms with E-state index in [-0.39, 0.29) is 5.56 Å². The van der Waals surface area contributed by atoms with Crippen molar-refractivity contribution in [1.82, 2.24) is 0 Å². The number of ether oxygens (including phenoxy) is 3. The van der Waals surface area contributed by atoms with E-state index < -0.39 is 55.0 Å². The van der Waals surface area contributed by atoms with Crippen LogP contribution in [0.1, 0.15) is 47.9 Å². The van der Waals surface area contributed by atoms with Gasteiger partial charge in [0.1, 0.15) is 31.2 Å². The standard InChI is InChI=1S/C20H26O10/c1-4-20(2,3)30-19(27)16(24)15(23)18(26)29-11-14(22)10-28-17(25)13-7-5-12(9-21)6-8-13/h5-9,14-16,22-24H,4,10-11H2,1-3H3. The van der Waals surface area contributed by atoms with Crippen molar-refractivity contribution in [3.63, 3.8) is 0 Å². The van der Waals surface area contributed by atoms with Crippen molar-refractivity contribution in [1.29, 1.82) is 0 Å². The lowest BCUT2D eigenvalue weighted by Crippen LogP contribution is -2.44. The van der Waals surface area contributed by atoms with E-state index in [2.05, 4.69) is 4.74 Å². The van der Waals surface area contributed by atoms with Gasteiger partial charge in [0.15, 0.2) is 12.2 Å². The average Bonchev–Trinajstić information content (AvgIpc) is 2.74. The molecule has 0 fully saturated rings. The molecule has 3 atom stereocenters. The first-order valence-electron chi connectivity index (χ1n) is 9.16. The van der Waals surface area contributed by atoms with Crippen molar-refractivity contribution in [2.24, 2.45) is 0 Å². The molecule has 0 aliphatic heterocycles. The molecule has 0 saturated carbocycles. The molecule has 0 aromatic heterocycles. The first kappa shape index (κ1) is 25.2. The number of benzene rings is 1. The third kappa shape index (κ3) is 7.90. The highest BCUT2D eigenvalue weighted by molar-refractivity contribution is 5.90. The molecule has 0 aliphatic carbocycles. The van der Waals surface area contributed by atoms with Gasteiger partial charge in [-0.3, -0.25) is 4.79 Å². The van der Waals surface area contributed by atoms with Crippen molar-refractivity contribution in [2.75, 3.05) is 13.2 Å². The zero-order chi connectivity index (χ0) is 22.9. The van der Waals surface area contributed by atoms with E-state index in [0.717, 1.165) is 0 Å². The Bertz CT molecular complexity index is 740. The normalized spacial score (nSPS) is 14.2. The van der Waals surface area contributed by atoms with E-state index in [1.165, 1.54) is 24.3 Å². The van der Waals surface area contributed by atoms with E-state index in [0.29, 0.717) is 18.3 Å². The fraction of sp³-hybridized carbons (Fsp3) is 0.500. The van der Waals surface area contributed by atoms with Gasteiger partial charge in [-0.05, 0) is 32.4 Å². The minimum absolute atomic E-state index is 0.150. The van der Waals surface area contributed by atoms with Gasteiger partial charge in [-0.25, -0.2) is 14.4 Å². The first-order valence-corrected chi connectivity index (χ1v) is 9.16. The molecule has 10 heteroatoms. The molecule has 0 amide bonds. The van der Waals surface area contributed by atoms with Crippen molar-refractivity contribution < 1.29 is 48.7 Å². The molecule has 0 spiro atoms. The fourth-order valence-corrected chi connectivity index (χ4v) is 1.93. The summed E-state index contributed by atoms with van der Waals surface area (Å²) in [6.45, 7) is 3.76. The van der Waals surface area contributed by atoms with Crippen LogP contribution in [-0.4, -0.2) is 76.6 Å². The highest BCUT2D eigenvalue weighted by Gasteiger charge is 2.35. The minimum atomic E-state index is -2.21. The van der Waals surface area contributed by atoms with Gasteiger partial charge in [0.25, 0.3) is 0 Å². The molecule has 3 unspecified atom stereocenters. The van der Waals surface area contributed by atoms with Crippen molar-refractivity contribution in [3.05, 3.63) is 35.4 Å². The molecule has 3 N–H and O–H groups in total. The Kier molecular flexibility index (Phi) is 9.57. The molecule has 166 valence electrons. The second-order valence-corrected chi connectivity index (χ2v) is 7.05. The van der Waals surface area contributed by atoms with Gasteiger partial charge in [-0.15, -0.1) is 0 Å². The largest absolute Gasteiger partial charge is 0.461 e. The van der Waals surface area contributed by atoms with Crippen LogP contribution in [0.5, 0.6) is 0 Å². The van der Waals surface area contributed by atoms with Crippen LogP contribution in [0.4, 0.5) is 0 Å². The third-order valence-electron chi connectivity index (χ3n) is 4.12. The predicted octanol–water partition coefficient (Wildman–Crippen LogP) is 0.0136. The molecule has 0 saturated heterocycles. The number of aliphatic hydroxyl groups excluding tert-OH is 3. The second kappa shape index (κ2) is 11.4. The Morgan fingerprint density at radius 2 is 1.50 bits per heavy atom. The number of rotatable bonds is 11. The molecule has 30 heavy (non-hydrogen) atoms. The zero-order valence-corrected chi connectivity index (χ0v) is 16.9. The van der Waals surface area contributed by atoms with E-state index in [1.54, 1.807) is 20.8 Å². The van der Waals surface area contributed by atoms with Gasteiger partial charge in [0, 0.05) is 5.56 Å². The molecular formula is C20H26O10. The van der Waals surface area contributed by atoms with E-state index in [4.69, 9.17) is 9.47 Å². The Morgan fingerprint density at radius 3 is 2.03 bits per heavy atom. The number of hydrogen-bond acceptors (Lipinski definition) is 10. The lowest BCUT2D eigenvalue weighted by molar-refractivity contribution is -0.182. The second-order valence-electron chi connectivity index (χ2n) is 7.05. The lowest BCUT2D eigenvalue weighted by Gasteiger charge is -2.26. The van der Waals surface area contributed by atoms with Crippen molar-refractivity contribution >= 4 is 24.2 Å². The SMILES string of the molecule is CCC(C)(C)OC(=O)C(O)C(O)C(=O)OCC(O)COC(=O)c1ccc(C=O)cc1. The molecule has 1 aromatic rings. The maximum absolute atomic E-state index is 11.8. The first-order chi connectivity index (χ1) is 14.0. The summed E-state index contributed by atoms with van der Waals surface area (Å²) >= 11 is 0. The topological polar surface area (TPSA) is 157 Å². The Morgan fingerprint density at radius 1 is 0.967 bits per heavy atom. The van der Waals surface area contributed by atoms with Crippen LogP contribution in [0.15, 0.2) is 24.3 Å². The molecule has 0 aliphatic rings. The molecule has 0 radical (unpaired) electrons. The number of esters is 3.